The van der Waals surface area contributed by atoms with Crippen molar-refractivity contribution in [3.63, 3.8) is 0 Å². The number of thioether (sulfide) groups is 1. The lowest BCUT2D eigenvalue weighted by molar-refractivity contribution is 0.414. The van der Waals surface area contributed by atoms with E-state index in [1.165, 1.54) is 0 Å². The van der Waals surface area contributed by atoms with Gasteiger partial charge in [-0.1, -0.05) is 6.92 Å². The average molecular weight is 361 g/mol. The summed E-state index contributed by atoms with van der Waals surface area (Å²) in [6.07, 6.45) is 0. The lowest BCUT2D eigenvalue weighted by atomic mass is 10.3. The van der Waals surface area contributed by atoms with E-state index in [0.717, 1.165) is 27.9 Å². The first-order chi connectivity index (χ1) is 11.5. The maximum atomic E-state index is 13.2. The number of aromatic nitrogens is 3. The summed E-state index contributed by atoms with van der Waals surface area (Å²) in [5.41, 5.74) is 2.53. The summed E-state index contributed by atoms with van der Waals surface area (Å²) < 4.78 is 20.2. The number of benzene rings is 1. The van der Waals surface area contributed by atoms with Gasteiger partial charge in [0.25, 0.3) is 0 Å². The zero-order chi connectivity index (χ0) is 17.3. The van der Waals surface area contributed by atoms with Crippen molar-refractivity contribution in [3.05, 3.63) is 41.7 Å². The van der Waals surface area contributed by atoms with Gasteiger partial charge < -0.3 is 4.74 Å². The number of aryl methyl sites for hydroxylation is 2. The van der Waals surface area contributed by atoms with Crippen LogP contribution >= 0.6 is 11.8 Å². The van der Waals surface area contributed by atoms with E-state index >= 15 is 0 Å². The van der Waals surface area contributed by atoms with Crippen molar-refractivity contribution in [2.75, 3.05) is 12.9 Å². The second-order valence-electron chi connectivity index (χ2n) is 5.29. The van der Waals surface area contributed by atoms with Crippen LogP contribution in [0, 0.1) is 13.8 Å². The van der Waals surface area contributed by atoms with E-state index in [4.69, 9.17) is 4.74 Å². The molecule has 126 valence electrons. The largest absolute Gasteiger partial charge is 0.497 e. The normalized spacial score (nSPS) is 12.5. The van der Waals surface area contributed by atoms with Crippen LogP contribution in [-0.4, -0.2) is 31.7 Å². The fourth-order valence-electron chi connectivity index (χ4n) is 2.49. The van der Waals surface area contributed by atoms with Crippen LogP contribution in [0.1, 0.15) is 18.3 Å². The number of hydrogen-bond acceptors (Lipinski definition) is 5. The number of ether oxygens (including phenoxy) is 1. The Hall–Kier alpha value is -1.86. The summed E-state index contributed by atoms with van der Waals surface area (Å²) in [5.74, 6) is 1.60. The van der Waals surface area contributed by atoms with Crippen molar-refractivity contribution in [1.82, 2.24) is 14.6 Å². The molecule has 0 aliphatic carbocycles. The van der Waals surface area contributed by atoms with E-state index in [-0.39, 0.29) is 0 Å². The van der Waals surface area contributed by atoms with Gasteiger partial charge in [0.2, 0.25) is 0 Å². The molecule has 0 saturated heterocycles. The Bertz CT molecular complexity index is 904. The number of nitrogens with zero attached hydrogens (tertiary/aromatic N) is 3. The van der Waals surface area contributed by atoms with Crippen LogP contribution in [0.3, 0.4) is 0 Å². The van der Waals surface area contributed by atoms with Crippen molar-refractivity contribution >= 4 is 28.2 Å². The van der Waals surface area contributed by atoms with Crippen LogP contribution in [0.4, 0.5) is 0 Å². The molecule has 24 heavy (non-hydrogen) atoms. The van der Waals surface area contributed by atoms with Gasteiger partial charge >= 0.3 is 0 Å². The van der Waals surface area contributed by atoms with Gasteiger partial charge in [-0.15, -0.1) is 11.8 Å². The summed E-state index contributed by atoms with van der Waals surface area (Å²) in [4.78, 5) is 5.98. The smallest absolute Gasteiger partial charge is 0.173 e. The maximum Gasteiger partial charge on any atom is 0.173 e. The number of rotatable bonds is 5. The highest BCUT2D eigenvalue weighted by Gasteiger charge is 2.22. The summed E-state index contributed by atoms with van der Waals surface area (Å²) >= 11 is 1.58. The van der Waals surface area contributed by atoms with Gasteiger partial charge in [0.1, 0.15) is 15.7 Å². The molecule has 0 amide bonds. The highest BCUT2D eigenvalue weighted by molar-refractivity contribution is 7.99. The Morgan fingerprint density at radius 2 is 1.96 bits per heavy atom. The third kappa shape index (κ3) is 3.06. The van der Waals surface area contributed by atoms with Crippen LogP contribution in [-0.2, 0) is 10.8 Å². The molecule has 0 aliphatic rings. The van der Waals surface area contributed by atoms with Crippen LogP contribution in [0.15, 0.2) is 45.1 Å². The summed E-state index contributed by atoms with van der Waals surface area (Å²) in [5, 5.41) is 5.39. The molecule has 0 radical (unpaired) electrons. The molecule has 1 atom stereocenters. The highest BCUT2D eigenvalue weighted by Crippen LogP contribution is 2.31. The molecule has 0 spiro atoms. The van der Waals surface area contributed by atoms with E-state index in [2.05, 4.69) is 17.0 Å². The molecule has 1 aromatic carbocycles. The minimum atomic E-state index is -1.35. The summed E-state index contributed by atoms with van der Waals surface area (Å²) in [7, 11) is 0.261. The maximum absolute atomic E-state index is 13.2. The standard InChI is InChI=1S/C17H19N3O2S2/c1-5-23-17-15(16-18-11(2)10-12(3)20(16)19-17)24(21)14-8-6-13(22-4)7-9-14/h6-10H,5H2,1-4H3. The molecule has 3 rings (SSSR count). The van der Waals surface area contributed by atoms with E-state index in [1.54, 1.807) is 23.4 Å². The Kier molecular flexibility index (Phi) is 4.91. The summed E-state index contributed by atoms with van der Waals surface area (Å²) in [6.45, 7) is 5.97. The van der Waals surface area contributed by atoms with Crippen molar-refractivity contribution in [3.8, 4) is 5.75 Å². The van der Waals surface area contributed by atoms with Crippen molar-refractivity contribution < 1.29 is 8.95 Å². The van der Waals surface area contributed by atoms with Crippen LogP contribution in [0.25, 0.3) is 5.65 Å². The van der Waals surface area contributed by atoms with Crippen molar-refractivity contribution in [2.24, 2.45) is 0 Å². The molecule has 1 unspecified atom stereocenters. The molecule has 0 aliphatic heterocycles. The number of hydrogen-bond donors (Lipinski definition) is 0. The van der Waals surface area contributed by atoms with Gasteiger partial charge in [0, 0.05) is 16.3 Å². The molecular weight excluding hydrogens is 342 g/mol. The molecular formula is C17H19N3O2S2. The molecule has 2 aromatic heterocycles. The monoisotopic (exact) mass is 361 g/mol. The number of methoxy groups -OCH3 is 1. The second kappa shape index (κ2) is 6.94. The third-order valence-corrected chi connectivity index (χ3v) is 5.99. The quantitative estimate of drug-likeness (QED) is 0.650. The second-order valence-corrected chi connectivity index (χ2v) is 7.96. The van der Waals surface area contributed by atoms with Crippen LogP contribution in [0.2, 0.25) is 0 Å². The minimum Gasteiger partial charge on any atom is -0.497 e. The predicted molar refractivity (Wildman–Crippen MR) is 96.5 cm³/mol. The van der Waals surface area contributed by atoms with Gasteiger partial charge in [-0.2, -0.15) is 5.10 Å². The Balaban J connectivity index is 2.18. The van der Waals surface area contributed by atoms with E-state index < -0.39 is 10.8 Å². The molecule has 2 heterocycles. The summed E-state index contributed by atoms with van der Waals surface area (Å²) in [6, 6.07) is 9.24. The van der Waals surface area contributed by atoms with Gasteiger partial charge in [-0.25, -0.2) is 13.7 Å². The van der Waals surface area contributed by atoms with Crippen LogP contribution < -0.4 is 4.74 Å². The zero-order valence-corrected chi connectivity index (χ0v) is 15.7. The molecule has 5 nitrogen and oxygen atoms in total. The Morgan fingerprint density at radius 1 is 1.25 bits per heavy atom. The average Bonchev–Trinajstić information content (AvgIpc) is 2.93. The fourth-order valence-corrected chi connectivity index (χ4v) is 4.65. The first-order valence-electron chi connectivity index (χ1n) is 7.60. The first kappa shape index (κ1) is 17.0. The topological polar surface area (TPSA) is 56.5 Å². The molecule has 7 heteroatoms. The fraction of sp³-hybridized carbons (Fsp3) is 0.294. The van der Waals surface area contributed by atoms with Gasteiger partial charge in [0.05, 0.1) is 17.9 Å². The third-order valence-electron chi connectivity index (χ3n) is 3.56. The Labute approximate surface area is 147 Å². The lowest BCUT2D eigenvalue weighted by Crippen LogP contribution is -1.99. The van der Waals surface area contributed by atoms with Crippen molar-refractivity contribution in [1.29, 1.82) is 0 Å². The van der Waals surface area contributed by atoms with E-state index in [1.807, 2.05) is 44.2 Å². The van der Waals surface area contributed by atoms with Crippen molar-refractivity contribution in [2.45, 2.75) is 35.6 Å². The van der Waals surface area contributed by atoms with E-state index in [0.29, 0.717) is 15.4 Å². The van der Waals surface area contributed by atoms with Gasteiger partial charge in [-0.3, -0.25) is 0 Å². The molecule has 0 fully saturated rings. The number of fused-ring (bicyclic) bond motifs is 1. The van der Waals surface area contributed by atoms with E-state index in [9.17, 15) is 4.21 Å². The first-order valence-corrected chi connectivity index (χ1v) is 9.74. The molecule has 3 aromatic rings. The Morgan fingerprint density at radius 3 is 2.58 bits per heavy atom. The lowest BCUT2D eigenvalue weighted by Gasteiger charge is -2.05. The molecule has 0 bridgehead atoms. The SMILES string of the molecule is CCSc1nn2c(C)cc(C)nc2c1S(=O)c1ccc(OC)cc1. The predicted octanol–water partition coefficient (Wildman–Crippen LogP) is 3.63. The van der Waals surface area contributed by atoms with Crippen LogP contribution in [0.5, 0.6) is 5.75 Å². The molecule has 0 saturated carbocycles. The molecule has 0 N–H and O–H groups in total. The van der Waals surface area contributed by atoms with Gasteiger partial charge in [0.15, 0.2) is 5.65 Å². The van der Waals surface area contributed by atoms with Gasteiger partial charge in [-0.05, 0) is 49.9 Å². The zero-order valence-electron chi connectivity index (χ0n) is 14.1. The minimum absolute atomic E-state index is 0.664. The highest BCUT2D eigenvalue weighted by atomic mass is 32.2.